The van der Waals surface area contributed by atoms with E-state index in [9.17, 15) is 0 Å². The second kappa shape index (κ2) is 5.23. The average Bonchev–Trinajstić information content (AvgIpc) is 2.72. The zero-order valence-corrected chi connectivity index (χ0v) is 10.8. The SMILES string of the molecule is CC(C)NCCN(C)c1c[nH]c2ccccc12. The number of aromatic nitrogens is 1. The third kappa shape index (κ3) is 2.80. The molecule has 2 rings (SSSR count). The number of anilines is 1. The van der Waals surface area contributed by atoms with Gasteiger partial charge in [-0.05, 0) is 6.07 Å². The van der Waals surface area contributed by atoms with Crippen molar-refractivity contribution in [1.82, 2.24) is 10.3 Å². The lowest BCUT2D eigenvalue weighted by Crippen LogP contribution is -2.32. The molecular weight excluding hydrogens is 210 g/mol. The van der Waals surface area contributed by atoms with Crippen LogP contribution in [0.5, 0.6) is 0 Å². The molecule has 0 saturated heterocycles. The van der Waals surface area contributed by atoms with Gasteiger partial charge in [0.2, 0.25) is 0 Å². The molecule has 0 saturated carbocycles. The van der Waals surface area contributed by atoms with Gasteiger partial charge in [-0.25, -0.2) is 0 Å². The first kappa shape index (κ1) is 12.0. The fourth-order valence-electron chi connectivity index (χ4n) is 2.01. The number of fused-ring (bicyclic) bond motifs is 1. The number of para-hydroxylation sites is 1. The number of H-pyrrole nitrogens is 1. The highest BCUT2D eigenvalue weighted by Gasteiger charge is 2.07. The van der Waals surface area contributed by atoms with Gasteiger partial charge in [-0.3, -0.25) is 0 Å². The number of likely N-dealkylation sites (N-methyl/N-ethyl adjacent to an activating group) is 1. The van der Waals surface area contributed by atoms with Crippen LogP contribution >= 0.6 is 0 Å². The second-order valence-corrected chi connectivity index (χ2v) is 4.75. The van der Waals surface area contributed by atoms with E-state index in [2.05, 4.69) is 66.6 Å². The average molecular weight is 231 g/mol. The number of benzene rings is 1. The molecule has 0 aliphatic rings. The van der Waals surface area contributed by atoms with Crippen molar-refractivity contribution >= 4 is 16.6 Å². The van der Waals surface area contributed by atoms with Gasteiger partial charge < -0.3 is 15.2 Å². The van der Waals surface area contributed by atoms with Crippen molar-refractivity contribution < 1.29 is 0 Å². The predicted octanol–water partition coefficient (Wildman–Crippen LogP) is 2.60. The van der Waals surface area contributed by atoms with Crippen molar-refractivity contribution in [2.24, 2.45) is 0 Å². The Morgan fingerprint density at radius 3 is 2.82 bits per heavy atom. The van der Waals surface area contributed by atoms with E-state index in [1.165, 1.54) is 16.6 Å². The van der Waals surface area contributed by atoms with Gasteiger partial charge in [-0.1, -0.05) is 32.0 Å². The second-order valence-electron chi connectivity index (χ2n) is 4.75. The number of nitrogens with one attached hydrogen (secondary N) is 2. The monoisotopic (exact) mass is 231 g/mol. The van der Waals surface area contributed by atoms with E-state index in [4.69, 9.17) is 0 Å². The predicted molar refractivity (Wildman–Crippen MR) is 74.7 cm³/mol. The Kier molecular flexibility index (Phi) is 3.69. The topological polar surface area (TPSA) is 31.1 Å². The number of hydrogen-bond donors (Lipinski definition) is 2. The first-order chi connectivity index (χ1) is 8.18. The molecule has 1 heterocycles. The van der Waals surface area contributed by atoms with Gasteiger partial charge in [-0.2, -0.15) is 0 Å². The molecule has 1 aromatic heterocycles. The molecule has 0 atom stereocenters. The molecular formula is C14H21N3. The van der Waals surface area contributed by atoms with Gasteiger partial charge >= 0.3 is 0 Å². The highest BCUT2D eigenvalue weighted by Crippen LogP contribution is 2.25. The van der Waals surface area contributed by atoms with Crippen molar-refractivity contribution in [1.29, 1.82) is 0 Å². The van der Waals surface area contributed by atoms with Crippen molar-refractivity contribution in [3.63, 3.8) is 0 Å². The summed E-state index contributed by atoms with van der Waals surface area (Å²) in [6, 6.07) is 8.96. The molecule has 3 nitrogen and oxygen atoms in total. The van der Waals surface area contributed by atoms with Gasteiger partial charge in [-0.15, -0.1) is 0 Å². The summed E-state index contributed by atoms with van der Waals surface area (Å²) in [7, 11) is 2.14. The number of aromatic amines is 1. The maximum Gasteiger partial charge on any atom is 0.0621 e. The first-order valence-corrected chi connectivity index (χ1v) is 6.19. The lowest BCUT2D eigenvalue weighted by molar-refractivity contribution is 0.589. The quantitative estimate of drug-likeness (QED) is 0.828. The lowest BCUT2D eigenvalue weighted by atomic mass is 10.2. The molecule has 1 aromatic carbocycles. The van der Waals surface area contributed by atoms with E-state index in [-0.39, 0.29) is 0 Å². The summed E-state index contributed by atoms with van der Waals surface area (Å²) < 4.78 is 0. The van der Waals surface area contributed by atoms with Crippen molar-refractivity contribution in [3.8, 4) is 0 Å². The fraction of sp³-hybridized carbons (Fsp3) is 0.429. The zero-order chi connectivity index (χ0) is 12.3. The highest BCUT2D eigenvalue weighted by molar-refractivity contribution is 5.92. The maximum atomic E-state index is 3.43. The maximum absolute atomic E-state index is 3.43. The third-order valence-electron chi connectivity index (χ3n) is 2.98. The Labute approximate surface area is 103 Å². The molecule has 0 aliphatic heterocycles. The Balaban J connectivity index is 2.06. The molecule has 0 radical (unpaired) electrons. The Hall–Kier alpha value is -1.48. The van der Waals surface area contributed by atoms with Crippen molar-refractivity contribution in [2.75, 3.05) is 25.0 Å². The van der Waals surface area contributed by atoms with Crippen LogP contribution in [0, 0.1) is 0 Å². The molecule has 3 heteroatoms. The molecule has 0 amide bonds. The van der Waals surface area contributed by atoms with Crippen molar-refractivity contribution in [3.05, 3.63) is 30.5 Å². The van der Waals surface area contributed by atoms with E-state index in [1.807, 2.05) is 0 Å². The van der Waals surface area contributed by atoms with Crippen LogP contribution in [0.3, 0.4) is 0 Å². The van der Waals surface area contributed by atoms with E-state index in [1.54, 1.807) is 0 Å². The van der Waals surface area contributed by atoms with Gasteiger partial charge in [0.25, 0.3) is 0 Å². The van der Waals surface area contributed by atoms with Crippen LogP contribution in [0.4, 0.5) is 5.69 Å². The number of rotatable bonds is 5. The van der Waals surface area contributed by atoms with Crippen LogP contribution in [0.2, 0.25) is 0 Å². The van der Waals surface area contributed by atoms with Crippen LogP contribution < -0.4 is 10.2 Å². The smallest absolute Gasteiger partial charge is 0.0621 e. The summed E-state index contributed by atoms with van der Waals surface area (Å²) in [5.74, 6) is 0. The summed E-state index contributed by atoms with van der Waals surface area (Å²) in [6.07, 6.45) is 2.08. The third-order valence-corrected chi connectivity index (χ3v) is 2.98. The normalized spacial score (nSPS) is 11.3. The van der Waals surface area contributed by atoms with E-state index >= 15 is 0 Å². The van der Waals surface area contributed by atoms with Crippen LogP contribution in [-0.4, -0.2) is 31.2 Å². The Bertz CT molecular complexity index is 473. The van der Waals surface area contributed by atoms with Crippen molar-refractivity contribution in [2.45, 2.75) is 19.9 Å². The van der Waals surface area contributed by atoms with Crippen LogP contribution in [0.15, 0.2) is 30.5 Å². The standard InChI is InChI=1S/C14H21N3/c1-11(2)15-8-9-17(3)14-10-16-13-7-5-4-6-12(13)14/h4-7,10-11,15-16H,8-9H2,1-3H3. The minimum atomic E-state index is 0.548. The highest BCUT2D eigenvalue weighted by atomic mass is 15.1. The summed E-state index contributed by atoms with van der Waals surface area (Å²) in [6.45, 7) is 6.37. The lowest BCUT2D eigenvalue weighted by Gasteiger charge is -2.19. The van der Waals surface area contributed by atoms with Gasteiger partial charge in [0.05, 0.1) is 5.69 Å². The molecule has 0 fully saturated rings. The zero-order valence-electron chi connectivity index (χ0n) is 10.8. The molecule has 2 aromatic rings. The van der Waals surface area contributed by atoms with Crippen LogP contribution in [0.25, 0.3) is 10.9 Å². The summed E-state index contributed by atoms with van der Waals surface area (Å²) in [5, 5.41) is 4.73. The molecule has 0 spiro atoms. The molecule has 17 heavy (non-hydrogen) atoms. The summed E-state index contributed by atoms with van der Waals surface area (Å²) in [5.41, 5.74) is 2.47. The van der Waals surface area contributed by atoms with Gasteiger partial charge in [0.15, 0.2) is 0 Å². The van der Waals surface area contributed by atoms with E-state index in [0.29, 0.717) is 6.04 Å². The number of nitrogens with zero attached hydrogens (tertiary/aromatic N) is 1. The largest absolute Gasteiger partial charge is 0.372 e. The molecule has 0 unspecified atom stereocenters. The fourth-order valence-corrected chi connectivity index (χ4v) is 2.01. The summed E-state index contributed by atoms with van der Waals surface area (Å²) in [4.78, 5) is 5.59. The minimum Gasteiger partial charge on any atom is -0.372 e. The first-order valence-electron chi connectivity index (χ1n) is 6.19. The number of hydrogen-bond acceptors (Lipinski definition) is 2. The van der Waals surface area contributed by atoms with Gasteiger partial charge in [0, 0.05) is 43.3 Å². The minimum absolute atomic E-state index is 0.548. The van der Waals surface area contributed by atoms with Gasteiger partial charge in [0.1, 0.15) is 0 Å². The Morgan fingerprint density at radius 1 is 1.29 bits per heavy atom. The molecule has 0 bridgehead atoms. The molecule has 92 valence electrons. The van der Waals surface area contributed by atoms with E-state index < -0.39 is 0 Å². The van der Waals surface area contributed by atoms with E-state index in [0.717, 1.165) is 13.1 Å². The van der Waals surface area contributed by atoms with Crippen LogP contribution in [-0.2, 0) is 0 Å². The summed E-state index contributed by atoms with van der Waals surface area (Å²) >= 11 is 0. The molecule has 2 N–H and O–H groups in total. The van der Waals surface area contributed by atoms with Crippen LogP contribution in [0.1, 0.15) is 13.8 Å². The molecule has 0 aliphatic carbocycles. The Morgan fingerprint density at radius 2 is 2.06 bits per heavy atom.